The lowest BCUT2D eigenvalue weighted by Gasteiger charge is -2.17. The summed E-state index contributed by atoms with van der Waals surface area (Å²) in [4.78, 5) is 34.3. The number of anilines is 1. The number of carbonyl (C=O) groups is 1. The number of hydrogen-bond donors (Lipinski definition) is 3. The van der Waals surface area contributed by atoms with Crippen LogP contribution in [0.3, 0.4) is 0 Å². The number of nitrogens with zero attached hydrogens (tertiary/aromatic N) is 5. The second-order valence-corrected chi connectivity index (χ2v) is 11.1. The zero-order valence-corrected chi connectivity index (χ0v) is 21.7. The molecule has 0 aliphatic heterocycles. The van der Waals surface area contributed by atoms with Gasteiger partial charge in [-0.15, -0.1) is 11.3 Å². The third-order valence-electron chi connectivity index (χ3n) is 5.93. The van der Waals surface area contributed by atoms with Crippen molar-refractivity contribution in [2.75, 3.05) is 5.32 Å². The number of H-pyrrole nitrogens is 2. The van der Waals surface area contributed by atoms with Gasteiger partial charge in [0.1, 0.15) is 16.9 Å². The first-order valence-corrected chi connectivity index (χ1v) is 12.8. The summed E-state index contributed by atoms with van der Waals surface area (Å²) in [6, 6.07) is 7.56. The largest absolute Gasteiger partial charge is 0.325 e. The van der Waals surface area contributed by atoms with Gasteiger partial charge in [-0.1, -0.05) is 26.8 Å². The van der Waals surface area contributed by atoms with Crippen LogP contribution in [0.25, 0.3) is 55.3 Å². The summed E-state index contributed by atoms with van der Waals surface area (Å²) in [5.41, 5.74) is 3.77. The van der Waals surface area contributed by atoms with Gasteiger partial charge in [-0.25, -0.2) is 14.4 Å². The van der Waals surface area contributed by atoms with Crippen LogP contribution in [-0.4, -0.2) is 41.0 Å². The van der Waals surface area contributed by atoms with Crippen LogP contribution in [0.5, 0.6) is 0 Å². The Balaban J connectivity index is 1.40. The molecule has 0 spiro atoms. The van der Waals surface area contributed by atoms with Gasteiger partial charge in [-0.2, -0.15) is 5.10 Å². The molecule has 0 fully saturated rings. The minimum Gasteiger partial charge on any atom is -0.325 e. The quantitative estimate of drug-likeness (QED) is 0.246. The van der Waals surface area contributed by atoms with Gasteiger partial charge in [0.2, 0.25) is 5.91 Å². The number of rotatable bonds is 5. The van der Waals surface area contributed by atoms with E-state index in [-0.39, 0.29) is 22.4 Å². The van der Waals surface area contributed by atoms with Gasteiger partial charge < -0.3 is 10.3 Å². The van der Waals surface area contributed by atoms with Crippen LogP contribution in [0.4, 0.5) is 10.1 Å². The molecule has 0 aliphatic rings. The Kier molecular flexibility index (Phi) is 5.72. The van der Waals surface area contributed by atoms with E-state index in [0.717, 1.165) is 10.4 Å². The molecule has 190 valence electrons. The Hall–Kier alpha value is -4.51. The average molecular weight is 527 g/mol. The van der Waals surface area contributed by atoms with Crippen molar-refractivity contribution in [3.05, 3.63) is 60.3 Å². The topological polar surface area (TPSA) is 125 Å². The van der Waals surface area contributed by atoms with Crippen molar-refractivity contribution < 1.29 is 9.18 Å². The first kappa shape index (κ1) is 23.9. The summed E-state index contributed by atoms with van der Waals surface area (Å²) in [7, 11) is 0. The Bertz CT molecular complexity index is 1800. The van der Waals surface area contributed by atoms with E-state index in [1.807, 2.05) is 44.4 Å². The molecule has 38 heavy (non-hydrogen) atoms. The molecule has 0 aliphatic carbocycles. The summed E-state index contributed by atoms with van der Waals surface area (Å²) < 4.78 is 16.0. The van der Waals surface area contributed by atoms with E-state index in [9.17, 15) is 4.79 Å². The highest BCUT2D eigenvalue weighted by atomic mass is 32.1. The predicted octanol–water partition coefficient (Wildman–Crippen LogP) is 6.20. The SMILES string of the molecule is CC(C)(C)CC(=O)Nc1cncc(-c2ncc3[nH]nc(-c4nc5c(-c6cccs6)ccnc5[nH]4)c3c2F)c1. The highest BCUT2D eigenvalue weighted by Crippen LogP contribution is 2.35. The van der Waals surface area contributed by atoms with Crippen LogP contribution in [0.15, 0.2) is 54.4 Å². The molecule has 11 heteroatoms. The summed E-state index contributed by atoms with van der Waals surface area (Å²) in [5, 5.41) is 12.3. The molecule has 9 nitrogen and oxygen atoms in total. The number of aromatic amines is 2. The second-order valence-electron chi connectivity index (χ2n) is 10.1. The van der Waals surface area contributed by atoms with Gasteiger partial charge in [-0.3, -0.25) is 19.9 Å². The molecule has 1 amide bonds. The summed E-state index contributed by atoms with van der Waals surface area (Å²) in [5.74, 6) is -0.323. The maximum atomic E-state index is 16.0. The second kappa shape index (κ2) is 9.10. The number of halogens is 1. The molecule has 0 radical (unpaired) electrons. The van der Waals surface area contributed by atoms with Crippen LogP contribution in [0, 0.1) is 11.2 Å². The maximum Gasteiger partial charge on any atom is 0.224 e. The zero-order chi connectivity index (χ0) is 26.4. The van der Waals surface area contributed by atoms with E-state index in [1.54, 1.807) is 23.6 Å². The number of imidazole rings is 1. The lowest BCUT2D eigenvalue weighted by atomic mass is 9.92. The Labute approximate surface area is 220 Å². The van der Waals surface area contributed by atoms with Crippen LogP contribution >= 0.6 is 11.3 Å². The molecule has 0 saturated heterocycles. The molecule has 3 N–H and O–H groups in total. The molecule has 0 aromatic carbocycles. The van der Waals surface area contributed by atoms with Gasteiger partial charge in [-0.05, 0) is 29.0 Å². The van der Waals surface area contributed by atoms with Crippen molar-refractivity contribution in [2.24, 2.45) is 5.41 Å². The third kappa shape index (κ3) is 4.41. The van der Waals surface area contributed by atoms with Crippen LogP contribution < -0.4 is 5.32 Å². The molecule has 0 unspecified atom stereocenters. The Morgan fingerprint density at radius 1 is 1.13 bits per heavy atom. The minimum atomic E-state index is -0.571. The molecule has 6 rings (SSSR count). The third-order valence-corrected chi connectivity index (χ3v) is 6.83. The number of amides is 1. The Morgan fingerprint density at radius 2 is 2.00 bits per heavy atom. The molecule has 6 aromatic heterocycles. The monoisotopic (exact) mass is 526 g/mol. The van der Waals surface area contributed by atoms with Crippen molar-refractivity contribution in [2.45, 2.75) is 27.2 Å². The molecule has 6 heterocycles. The van der Waals surface area contributed by atoms with Crippen LogP contribution in [0.1, 0.15) is 27.2 Å². The summed E-state index contributed by atoms with van der Waals surface area (Å²) in [6.07, 6.45) is 6.61. The fourth-order valence-corrected chi connectivity index (χ4v) is 5.08. The fourth-order valence-electron chi connectivity index (χ4n) is 4.33. The molecular formula is C27H23FN8OS. The van der Waals surface area contributed by atoms with E-state index >= 15 is 4.39 Å². The lowest BCUT2D eigenvalue weighted by Crippen LogP contribution is -2.19. The first-order valence-electron chi connectivity index (χ1n) is 11.9. The van der Waals surface area contributed by atoms with Gasteiger partial charge in [0.15, 0.2) is 17.3 Å². The summed E-state index contributed by atoms with van der Waals surface area (Å²) >= 11 is 1.61. The van der Waals surface area contributed by atoms with E-state index < -0.39 is 5.82 Å². The van der Waals surface area contributed by atoms with Crippen molar-refractivity contribution in [3.8, 4) is 33.2 Å². The molecular weight excluding hydrogens is 503 g/mol. The zero-order valence-electron chi connectivity index (χ0n) is 20.8. The van der Waals surface area contributed by atoms with Crippen LogP contribution in [0.2, 0.25) is 0 Å². The number of hydrogen-bond acceptors (Lipinski definition) is 7. The van der Waals surface area contributed by atoms with Crippen LogP contribution in [-0.2, 0) is 4.79 Å². The maximum absolute atomic E-state index is 16.0. The number of aromatic nitrogens is 7. The Morgan fingerprint density at radius 3 is 2.79 bits per heavy atom. The number of thiophene rings is 1. The van der Waals surface area contributed by atoms with Gasteiger partial charge in [0, 0.05) is 34.8 Å². The minimum absolute atomic E-state index is 0.0908. The lowest BCUT2D eigenvalue weighted by molar-refractivity contribution is -0.117. The highest BCUT2D eigenvalue weighted by molar-refractivity contribution is 7.13. The smallest absolute Gasteiger partial charge is 0.224 e. The summed E-state index contributed by atoms with van der Waals surface area (Å²) in [6.45, 7) is 5.96. The van der Waals surface area contributed by atoms with Crippen molar-refractivity contribution >= 4 is 45.0 Å². The van der Waals surface area contributed by atoms with Gasteiger partial charge in [0.25, 0.3) is 0 Å². The number of carbonyl (C=O) groups excluding carboxylic acids is 1. The molecule has 0 saturated carbocycles. The fraction of sp³-hybridized carbons (Fsp3) is 0.185. The average Bonchev–Trinajstić information content (AvgIpc) is 3.62. The van der Waals surface area contributed by atoms with E-state index in [1.165, 1.54) is 18.6 Å². The molecule has 6 aromatic rings. The van der Waals surface area contributed by atoms with E-state index in [2.05, 4.69) is 35.5 Å². The van der Waals surface area contributed by atoms with Gasteiger partial charge in [0.05, 0.1) is 29.0 Å². The normalized spacial score (nSPS) is 11.9. The first-order chi connectivity index (χ1) is 18.3. The van der Waals surface area contributed by atoms with Crippen molar-refractivity contribution in [1.29, 1.82) is 0 Å². The van der Waals surface area contributed by atoms with Crippen molar-refractivity contribution in [3.63, 3.8) is 0 Å². The number of pyridine rings is 3. The van der Waals surface area contributed by atoms with E-state index in [0.29, 0.717) is 45.9 Å². The predicted molar refractivity (Wildman–Crippen MR) is 146 cm³/mol. The standard InChI is InChI=1S/C27H23FN8OS/c1-27(2,3)10-19(37)32-15-9-14(11-29-12-15)22-21(28)20-17(13-31-22)35-36-24(20)26-33-23-16(18-5-4-8-38-18)6-7-30-25(23)34-26/h4-9,11-13H,10H2,1-3H3,(H,32,37)(H,35,36)(H,30,33,34). The highest BCUT2D eigenvalue weighted by Gasteiger charge is 2.22. The molecule has 0 bridgehead atoms. The van der Waals surface area contributed by atoms with Gasteiger partial charge >= 0.3 is 0 Å². The van der Waals surface area contributed by atoms with E-state index in [4.69, 9.17) is 4.98 Å². The number of nitrogens with one attached hydrogen (secondary N) is 3. The molecule has 0 atom stereocenters. The number of fused-ring (bicyclic) bond motifs is 2. The van der Waals surface area contributed by atoms with Crippen molar-refractivity contribution in [1.82, 2.24) is 35.1 Å².